The molecule has 80 valence electrons. The van der Waals surface area contributed by atoms with Crippen molar-refractivity contribution >= 4 is 11.6 Å². The quantitative estimate of drug-likeness (QED) is 0.418. The number of carbonyl (C=O) groups is 1. The number of para-hydroxylation sites is 1. The van der Waals surface area contributed by atoms with Crippen LogP contribution in [-0.2, 0) is 11.2 Å². The van der Waals surface area contributed by atoms with Crippen LogP contribution in [0.4, 0.5) is 5.69 Å². The maximum absolute atomic E-state index is 11.4. The lowest BCUT2D eigenvalue weighted by atomic mass is 10.2. The first-order valence-electron chi connectivity index (χ1n) is 5.09. The minimum absolute atomic E-state index is 0.147. The summed E-state index contributed by atoms with van der Waals surface area (Å²) in [5.41, 5.74) is 4.64. The number of carbonyl (C=O) groups excluding carboxylic acids is 1. The number of hydrogen-bond acceptors (Lipinski definition) is 3. The summed E-state index contributed by atoms with van der Waals surface area (Å²) in [4.78, 5) is 13.5. The summed E-state index contributed by atoms with van der Waals surface area (Å²) in [5.74, 6) is 4.99. The van der Waals surface area contributed by atoms with Gasteiger partial charge in [-0.25, -0.2) is 5.84 Å². The van der Waals surface area contributed by atoms with E-state index in [0.29, 0.717) is 0 Å². The number of fused-ring (bicyclic) bond motifs is 1. The van der Waals surface area contributed by atoms with Crippen molar-refractivity contribution in [2.75, 3.05) is 11.4 Å². The van der Waals surface area contributed by atoms with Crippen molar-refractivity contribution in [1.82, 2.24) is 5.43 Å². The number of anilines is 1. The molecule has 3 N–H and O–H groups in total. The van der Waals surface area contributed by atoms with Crippen LogP contribution in [0, 0.1) is 0 Å². The SMILES string of the molecule is CC(C(=O)NN)N1CCc2ccccc21. The predicted octanol–water partition coefficient (Wildman–Crippen LogP) is 0.428. The summed E-state index contributed by atoms with van der Waals surface area (Å²) in [6.45, 7) is 2.75. The highest BCUT2D eigenvalue weighted by atomic mass is 16.2. The lowest BCUT2D eigenvalue weighted by molar-refractivity contribution is -0.122. The topological polar surface area (TPSA) is 58.4 Å². The highest BCUT2D eigenvalue weighted by Gasteiger charge is 2.26. The Balaban J connectivity index is 2.24. The first-order chi connectivity index (χ1) is 7.24. The predicted molar refractivity (Wildman–Crippen MR) is 59.3 cm³/mol. The molecule has 0 spiro atoms. The van der Waals surface area contributed by atoms with Crippen LogP contribution < -0.4 is 16.2 Å². The van der Waals surface area contributed by atoms with Crippen LogP contribution in [-0.4, -0.2) is 18.5 Å². The van der Waals surface area contributed by atoms with E-state index in [4.69, 9.17) is 5.84 Å². The zero-order chi connectivity index (χ0) is 10.8. The van der Waals surface area contributed by atoms with Crippen LogP contribution in [0.3, 0.4) is 0 Å². The van der Waals surface area contributed by atoms with Crippen LogP contribution >= 0.6 is 0 Å². The minimum Gasteiger partial charge on any atom is -0.359 e. The Bertz CT molecular complexity index is 378. The van der Waals surface area contributed by atoms with Crippen molar-refractivity contribution < 1.29 is 4.79 Å². The molecule has 1 aromatic carbocycles. The second-order valence-corrected chi connectivity index (χ2v) is 3.76. The molecule has 0 saturated carbocycles. The fourth-order valence-corrected chi connectivity index (χ4v) is 2.03. The zero-order valence-electron chi connectivity index (χ0n) is 8.73. The van der Waals surface area contributed by atoms with Crippen molar-refractivity contribution in [3.63, 3.8) is 0 Å². The van der Waals surface area contributed by atoms with Gasteiger partial charge in [0.25, 0.3) is 5.91 Å². The van der Waals surface area contributed by atoms with Gasteiger partial charge in [-0.1, -0.05) is 18.2 Å². The van der Waals surface area contributed by atoms with Gasteiger partial charge in [-0.15, -0.1) is 0 Å². The van der Waals surface area contributed by atoms with Crippen molar-refractivity contribution in [1.29, 1.82) is 0 Å². The molecule has 1 aliphatic rings. The molecule has 0 saturated heterocycles. The fourth-order valence-electron chi connectivity index (χ4n) is 2.03. The van der Waals surface area contributed by atoms with E-state index >= 15 is 0 Å². The lowest BCUT2D eigenvalue weighted by Gasteiger charge is -2.25. The van der Waals surface area contributed by atoms with E-state index in [2.05, 4.69) is 16.4 Å². The number of benzene rings is 1. The normalized spacial score (nSPS) is 16.0. The molecule has 0 radical (unpaired) electrons. The van der Waals surface area contributed by atoms with Crippen molar-refractivity contribution in [3.05, 3.63) is 29.8 Å². The summed E-state index contributed by atoms with van der Waals surface area (Å²) >= 11 is 0. The van der Waals surface area contributed by atoms with E-state index in [1.54, 1.807) is 0 Å². The highest BCUT2D eigenvalue weighted by Crippen LogP contribution is 2.28. The smallest absolute Gasteiger partial charge is 0.256 e. The number of hydrogen-bond donors (Lipinski definition) is 2. The summed E-state index contributed by atoms with van der Waals surface area (Å²) in [7, 11) is 0. The third-order valence-corrected chi connectivity index (χ3v) is 2.91. The molecule has 2 rings (SSSR count). The second kappa shape index (κ2) is 3.90. The highest BCUT2D eigenvalue weighted by molar-refractivity contribution is 5.85. The minimum atomic E-state index is -0.210. The van der Waals surface area contributed by atoms with Crippen LogP contribution in [0.2, 0.25) is 0 Å². The third-order valence-electron chi connectivity index (χ3n) is 2.91. The van der Waals surface area contributed by atoms with E-state index < -0.39 is 0 Å². The molecule has 15 heavy (non-hydrogen) atoms. The van der Waals surface area contributed by atoms with Gasteiger partial charge in [-0.2, -0.15) is 0 Å². The fraction of sp³-hybridized carbons (Fsp3) is 0.364. The molecule has 0 aliphatic carbocycles. The van der Waals surface area contributed by atoms with Gasteiger partial charge in [0.15, 0.2) is 0 Å². The molecular formula is C11H15N3O. The van der Waals surface area contributed by atoms with Crippen LogP contribution in [0.15, 0.2) is 24.3 Å². The van der Waals surface area contributed by atoms with Gasteiger partial charge in [0.05, 0.1) is 0 Å². The van der Waals surface area contributed by atoms with Gasteiger partial charge < -0.3 is 4.90 Å². The zero-order valence-corrected chi connectivity index (χ0v) is 8.73. The molecule has 1 heterocycles. The maximum atomic E-state index is 11.4. The molecule has 0 aromatic heterocycles. The molecule has 4 heteroatoms. The lowest BCUT2D eigenvalue weighted by Crippen LogP contribution is -2.47. The number of nitrogens with zero attached hydrogens (tertiary/aromatic N) is 1. The molecule has 0 bridgehead atoms. The Morgan fingerprint density at radius 2 is 2.27 bits per heavy atom. The van der Waals surface area contributed by atoms with Gasteiger partial charge in [0, 0.05) is 12.2 Å². The van der Waals surface area contributed by atoms with Gasteiger partial charge in [-0.3, -0.25) is 10.2 Å². The number of amides is 1. The second-order valence-electron chi connectivity index (χ2n) is 3.76. The number of hydrazine groups is 1. The number of nitrogens with one attached hydrogen (secondary N) is 1. The molecule has 1 unspecified atom stereocenters. The molecule has 0 fully saturated rings. The molecule has 1 amide bonds. The Labute approximate surface area is 89.0 Å². The Morgan fingerprint density at radius 1 is 1.53 bits per heavy atom. The van der Waals surface area contributed by atoms with E-state index in [0.717, 1.165) is 18.7 Å². The van der Waals surface area contributed by atoms with Crippen molar-refractivity contribution in [3.8, 4) is 0 Å². The maximum Gasteiger partial charge on any atom is 0.256 e. The third kappa shape index (κ3) is 1.68. The summed E-state index contributed by atoms with van der Waals surface area (Å²) in [5, 5.41) is 0. The van der Waals surface area contributed by atoms with Crippen molar-refractivity contribution in [2.24, 2.45) is 5.84 Å². The summed E-state index contributed by atoms with van der Waals surface area (Å²) in [6.07, 6.45) is 0.998. The average molecular weight is 205 g/mol. The van der Waals surface area contributed by atoms with Crippen LogP contribution in [0.25, 0.3) is 0 Å². The van der Waals surface area contributed by atoms with E-state index in [-0.39, 0.29) is 11.9 Å². The van der Waals surface area contributed by atoms with Gasteiger partial charge >= 0.3 is 0 Å². The first kappa shape index (κ1) is 9.98. The Morgan fingerprint density at radius 3 is 3.00 bits per heavy atom. The first-order valence-corrected chi connectivity index (χ1v) is 5.09. The molecule has 1 aliphatic heterocycles. The van der Waals surface area contributed by atoms with Gasteiger partial charge in [-0.05, 0) is 25.0 Å². The largest absolute Gasteiger partial charge is 0.359 e. The number of nitrogens with two attached hydrogens (primary N) is 1. The van der Waals surface area contributed by atoms with E-state index in [1.807, 2.05) is 25.1 Å². The van der Waals surface area contributed by atoms with E-state index in [9.17, 15) is 4.79 Å². The van der Waals surface area contributed by atoms with Crippen LogP contribution in [0.5, 0.6) is 0 Å². The van der Waals surface area contributed by atoms with E-state index in [1.165, 1.54) is 5.56 Å². The molecule has 1 atom stereocenters. The standard InChI is InChI=1S/C11H15N3O/c1-8(11(15)13-12)14-7-6-9-4-2-3-5-10(9)14/h2-5,8H,6-7,12H2,1H3,(H,13,15). The van der Waals surface area contributed by atoms with Crippen LogP contribution in [0.1, 0.15) is 12.5 Å². The van der Waals surface area contributed by atoms with Gasteiger partial charge in [0.1, 0.15) is 6.04 Å². The summed E-state index contributed by atoms with van der Waals surface area (Å²) in [6, 6.07) is 7.95. The van der Waals surface area contributed by atoms with Gasteiger partial charge in [0.2, 0.25) is 0 Å². The molecule has 4 nitrogen and oxygen atoms in total. The number of rotatable bonds is 2. The monoisotopic (exact) mass is 205 g/mol. The summed E-state index contributed by atoms with van der Waals surface area (Å²) < 4.78 is 0. The Hall–Kier alpha value is -1.55. The average Bonchev–Trinajstić information content (AvgIpc) is 2.70. The molecular weight excluding hydrogens is 190 g/mol. The molecule has 1 aromatic rings. The van der Waals surface area contributed by atoms with Crippen molar-refractivity contribution in [2.45, 2.75) is 19.4 Å². The Kier molecular flexibility index (Phi) is 2.60.